The number of nitrogens with zero attached hydrogens (tertiary/aromatic N) is 2. The summed E-state index contributed by atoms with van der Waals surface area (Å²) in [5.74, 6) is -0.0575. The van der Waals surface area contributed by atoms with Crippen molar-refractivity contribution < 1.29 is 14.3 Å². The molecule has 1 saturated carbocycles. The van der Waals surface area contributed by atoms with Crippen molar-refractivity contribution in [2.45, 2.75) is 51.0 Å². The standard InChI is InChI=1S/C20H23ClN2O3S/c1-3-18(24)23(20-22-15(12-27-20)11-19(25)26-2)17-9-5-8-16(17)13-6-4-7-14(21)10-13/h4,6-7,10,12,16-17H,3,5,8-9,11H2,1-2H3. The molecular weight excluding hydrogens is 384 g/mol. The van der Waals surface area contributed by atoms with Gasteiger partial charge in [-0.1, -0.05) is 37.1 Å². The quantitative estimate of drug-likeness (QED) is 0.658. The Balaban J connectivity index is 1.90. The van der Waals surface area contributed by atoms with E-state index < -0.39 is 0 Å². The summed E-state index contributed by atoms with van der Waals surface area (Å²) < 4.78 is 4.71. The highest BCUT2D eigenvalue weighted by Gasteiger charge is 2.37. The molecule has 1 aliphatic rings. The van der Waals surface area contributed by atoms with Crippen LogP contribution in [0.1, 0.15) is 49.8 Å². The lowest BCUT2D eigenvalue weighted by atomic mass is 9.93. The van der Waals surface area contributed by atoms with Crippen molar-refractivity contribution in [2.75, 3.05) is 12.0 Å². The van der Waals surface area contributed by atoms with Crippen LogP contribution in [0.5, 0.6) is 0 Å². The van der Waals surface area contributed by atoms with Crippen LogP contribution in [0.4, 0.5) is 5.13 Å². The predicted octanol–water partition coefficient (Wildman–Crippen LogP) is 4.59. The minimum Gasteiger partial charge on any atom is -0.469 e. The molecule has 0 radical (unpaired) electrons. The van der Waals surface area contributed by atoms with E-state index in [9.17, 15) is 9.59 Å². The maximum atomic E-state index is 12.8. The summed E-state index contributed by atoms with van der Waals surface area (Å²) in [6.45, 7) is 1.86. The van der Waals surface area contributed by atoms with Crippen LogP contribution in [0.2, 0.25) is 5.02 Å². The van der Waals surface area contributed by atoms with Crippen molar-refractivity contribution >= 4 is 39.9 Å². The molecule has 0 spiro atoms. The number of hydrogen-bond donors (Lipinski definition) is 0. The van der Waals surface area contributed by atoms with Gasteiger partial charge in [0.15, 0.2) is 5.13 Å². The van der Waals surface area contributed by atoms with E-state index >= 15 is 0 Å². The summed E-state index contributed by atoms with van der Waals surface area (Å²) in [4.78, 5) is 30.7. The van der Waals surface area contributed by atoms with Crippen molar-refractivity contribution in [1.82, 2.24) is 4.98 Å². The summed E-state index contributed by atoms with van der Waals surface area (Å²) in [5.41, 5.74) is 1.79. The van der Waals surface area contributed by atoms with Gasteiger partial charge in [0, 0.05) is 28.8 Å². The first-order chi connectivity index (χ1) is 13.0. The number of carbonyl (C=O) groups excluding carboxylic acids is 2. The van der Waals surface area contributed by atoms with Gasteiger partial charge in [-0.2, -0.15) is 0 Å². The number of amides is 1. The Bertz CT molecular complexity index is 823. The fourth-order valence-corrected chi connectivity index (χ4v) is 4.78. The number of esters is 1. The number of thiazole rings is 1. The molecule has 7 heteroatoms. The second kappa shape index (κ2) is 8.85. The highest BCUT2D eigenvalue weighted by molar-refractivity contribution is 7.14. The fraction of sp³-hybridized carbons (Fsp3) is 0.450. The number of methoxy groups -OCH3 is 1. The van der Waals surface area contributed by atoms with Crippen LogP contribution in [-0.4, -0.2) is 30.0 Å². The summed E-state index contributed by atoms with van der Waals surface area (Å²) in [6, 6.07) is 7.94. The molecule has 0 N–H and O–H groups in total. The molecule has 1 aromatic heterocycles. The van der Waals surface area contributed by atoms with Crippen molar-refractivity contribution in [3.05, 3.63) is 45.9 Å². The molecule has 1 heterocycles. The molecule has 1 fully saturated rings. The van der Waals surface area contributed by atoms with Gasteiger partial charge in [-0.3, -0.25) is 14.5 Å². The molecule has 0 bridgehead atoms. The fourth-order valence-electron chi connectivity index (χ4n) is 3.69. The average Bonchev–Trinajstić information content (AvgIpc) is 3.32. The third-order valence-electron chi connectivity index (χ3n) is 4.96. The van der Waals surface area contributed by atoms with Crippen LogP contribution in [0.3, 0.4) is 0 Å². The Morgan fingerprint density at radius 1 is 1.37 bits per heavy atom. The average molecular weight is 407 g/mol. The molecule has 0 saturated heterocycles. The van der Waals surface area contributed by atoms with Crippen molar-refractivity contribution in [3.63, 3.8) is 0 Å². The van der Waals surface area contributed by atoms with Crippen molar-refractivity contribution in [3.8, 4) is 0 Å². The van der Waals surface area contributed by atoms with E-state index in [1.807, 2.05) is 35.4 Å². The number of aromatic nitrogens is 1. The monoisotopic (exact) mass is 406 g/mol. The van der Waals surface area contributed by atoms with Gasteiger partial charge in [0.1, 0.15) is 0 Å². The van der Waals surface area contributed by atoms with Crippen LogP contribution in [0.15, 0.2) is 29.6 Å². The minimum absolute atomic E-state index is 0.0490. The van der Waals surface area contributed by atoms with E-state index in [1.165, 1.54) is 18.4 Å². The van der Waals surface area contributed by atoms with Crippen LogP contribution in [0, 0.1) is 0 Å². The zero-order chi connectivity index (χ0) is 19.4. The Morgan fingerprint density at radius 2 is 2.19 bits per heavy atom. The van der Waals surface area contributed by atoms with Gasteiger partial charge in [0.05, 0.1) is 19.2 Å². The molecular formula is C20H23ClN2O3S. The molecule has 1 amide bonds. The Labute approximate surface area is 168 Å². The van der Waals surface area contributed by atoms with E-state index in [1.54, 1.807) is 0 Å². The van der Waals surface area contributed by atoms with E-state index in [2.05, 4.69) is 11.1 Å². The van der Waals surface area contributed by atoms with Crippen LogP contribution >= 0.6 is 22.9 Å². The first kappa shape index (κ1) is 19.8. The summed E-state index contributed by atoms with van der Waals surface area (Å²) in [6.07, 6.45) is 3.51. The first-order valence-corrected chi connectivity index (χ1v) is 10.4. The Kier molecular flexibility index (Phi) is 6.50. The third-order valence-corrected chi connectivity index (χ3v) is 6.08. The highest BCUT2D eigenvalue weighted by Crippen LogP contribution is 2.41. The first-order valence-electron chi connectivity index (χ1n) is 9.12. The maximum Gasteiger partial charge on any atom is 0.311 e. The van der Waals surface area contributed by atoms with Gasteiger partial charge >= 0.3 is 5.97 Å². The van der Waals surface area contributed by atoms with Crippen LogP contribution in [-0.2, 0) is 20.7 Å². The summed E-state index contributed by atoms with van der Waals surface area (Å²) in [7, 11) is 1.36. The largest absolute Gasteiger partial charge is 0.469 e. The summed E-state index contributed by atoms with van der Waals surface area (Å²) in [5, 5.41) is 3.19. The van der Waals surface area contributed by atoms with Gasteiger partial charge in [-0.15, -0.1) is 11.3 Å². The molecule has 0 aliphatic heterocycles. The van der Waals surface area contributed by atoms with Crippen LogP contribution < -0.4 is 4.90 Å². The molecule has 5 nitrogen and oxygen atoms in total. The minimum atomic E-state index is -0.335. The number of ether oxygens (including phenoxy) is 1. The predicted molar refractivity (Wildman–Crippen MR) is 107 cm³/mol. The lowest BCUT2D eigenvalue weighted by Crippen LogP contribution is -2.41. The van der Waals surface area contributed by atoms with E-state index in [0.717, 1.165) is 24.8 Å². The Morgan fingerprint density at radius 3 is 2.89 bits per heavy atom. The van der Waals surface area contributed by atoms with Crippen molar-refractivity contribution in [1.29, 1.82) is 0 Å². The van der Waals surface area contributed by atoms with E-state index in [-0.39, 0.29) is 30.3 Å². The molecule has 2 atom stereocenters. The van der Waals surface area contributed by atoms with Crippen LogP contribution in [0.25, 0.3) is 0 Å². The second-order valence-corrected chi connectivity index (χ2v) is 7.92. The smallest absolute Gasteiger partial charge is 0.311 e. The molecule has 1 aromatic carbocycles. The molecule has 2 unspecified atom stereocenters. The third kappa shape index (κ3) is 4.50. The maximum absolute atomic E-state index is 12.8. The lowest BCUT2D eigenvalue weighted by Gasteiger charge is -2.31. The number of hydrogen-bond acceptors (Lipinski definition) is 5. The Hall–Kier alpha value is -1.92. The van der Waals surface area contributed by atoms with Gasteiger partial charge < -0.3 is 4.74 Å². The molecule has 144 valence electrons. The van der Waals surface area contributed by atoms with Gasteiger partial charge in [0.2, 0.25) is 5.91 Å². The highest BCUT2D eigenvalue weighted by atomic mass is 35.5. The number of anilines is 1. The zero-order valence-electron chi connectivity index (χ0n) is 15.5. The molecule has 2 aromatic rings. The number of carbonyl (C=O) groups is 2. The van der Waals surface area contributed by atoms with Gasteiger partial charge in [-0.05, 0) is 30.5 Å². The number of benzene rings is 1. The molecule has 27 heavy (non-hydrogen) atoms. The number of halogens is 1. The van der Waals surface area contributed by atoms with Crippen molar-refractivity contribution in [2.24, 2.45) is 0 Å². The van der Waals surface area contributed by atoms with E-state index in [4.69, 9.17) is 16.3 Å². The normalized spacial score (nSPS) is 19.1. The zero-order valence-corrected chi connectivity index (χ0v) is 17.1. The van der Waals surface area contributed by atoms with E-state index in [0.29, 0.717) is 22.3 Å². The number of rotatable bonds is 6. The van der Waals surface area contributed by atoms with Gasteiger partial charge in [-0.25, -0.2) is 4.98 Å². The SMILES string of the molecule is CCC(=O)N(c1nc(CC(=O)OC)cs1)C1CCCC1c1cccc(Cl)c1. The molecule has 3 rings (SSSR count). The lowest BCUT2D eigenvalue weighted by molar-refractivity contribution is -0.139. The summed E-state index contributed by atoms with van der Waals surface area (Å²) >= 11 is 7.59. The second-order valence-electron chi connectivity index (χ2n) is 6.65. The van der Waals surface area contributed by atoms with Gasteiger partial charge in [0.25, 0.3) is 0 Å². The topological polar surface area (TPSA) is 59.5 Å². The molecule has 1 aliphatic carbocycles.